The van der Waals surface area contributed by atoms with Crippen molar-refractivity contribution in [2.24, 2.45) is 11.7 Å². The van der Waals surface area contributed by atoms with Crippen LogP contribution < -0.4 is 10.5 Å². The predicted molar refractivity (Wildman–Crippen MR) is 82.3 cm³/mol. The van der Waals surface area contributed by atoms with Crippen molar-refractivity contribution in [3.8, 4) is 5.75 Å². The highest BCUT2D eigenvalue weighted by Gasteiger charge is 2.50. The fourth-order valence-electron chi connectivity index (χ4n) is 2.54. The number of esters is 1. The molecule has 1 atom stereocenters. The number of carbonyl (C=O) groups excluding carboxylic acids is 1. The Hall–Kier alpha value is -1.55. The molecule has 1 aliphatic rings. The Balaban J connectivity index is 2.17. The Morgan fingerprint density at radius 3 is 2.43 bits per heavy atom. The Kier molecular flexibility index (Phi) is 4.28. The van der Waals surface area contributed by atoms with E-state index in [4.69, 9.17) is 15.2 Å². The smallest absolute Gasteiger partial charge is 0.329 e. The molecule has 21 heavy (non-hydrogen) atoms. The Labute approximate surface area is 126 Å². The molecule has 0 bridgehead atoms. The average Bonchev–Trinajstić information content (AvgIpc) is 3.28. The van der Waals surface area contributed by atoms with Crippen LogP contribution in [0.4, 0.5) is 0 Å². The SMILES string of the molecule is COC(=O)C(N)(COc1ccccc1C(C)(C)C)C1CC1. The van der Waals surface area contributed by atoms with E-state index in [1.807, 2.05) is 24.3 Å². The zero-order valence-corrected chi connectivity index (χ0v) is 13.3. The standard InChI is InChI=1S/C17H25NO3/c1-16(2,3)13-7-5-6-8-14(13)21-11-17(18,12-9-10-12)15(19)20-4/h5-8,12H,9-11,18H2,1-4H3. The summed E-state index contributed by atoms with van der Waals surface area (Å²) in [7, 11) is 1.37. The van der Waals surface area contributed by atoms with Gasteiger partial charge in [0.25, 0.3) is 0 Å². The molecular weight excluding hydrogens is 266 g/mol. The lowest BCUT2D eigenvalue weighted by molar-refractivity contribution is -0.149. The second-order valence-electron chi connectivity index (χ2n) is 6.84. The molecule has 4 heteroatoms. The summed E-state index contributed by atoms with van der Waals surface area (Å²) in [6.07, 6.45) is 1.91. The highest BCUT2D eigenvalue weighted by atomic mass is 16.5. The number of benzene rings is 1. The molecule has 1 aromatic carbocycles. The predicted octanol–water partition coefficient (Wildman–Crippen LogP) is 2.64. The van der Waals surface area contributed by atoms with E-state index in [1.54, 1.807) is 0 Å². The van der Waals surface area contributed by atoms with Crippen molar-refractivity contribution in [3.63, 3.8) is 0 Å². The molecule has 0 spiro atoms. The van der Waals surface area contributed by atoms with Crippen LogP contribution in [0.15, 0.2) is 24.3 Å². The fraction of sp³-hybridized carbons (Fsp3) is 0.588. The first kappa shape index (κ1) is 15.8. The van der Waals surface area contributed by atoms with Crippen molar-refractivity contribution in [1.29, 1.82) is 0 Å². The van der Waals surface area contributed by atoms with Crippen LogP contribution in [0.3, 0.4) is 0 Å². The van der Waals surface area contributed by atoms with Gasteiger partial charge < -0.3 is 15.2 Å². The maximum Gasteiger partial charge on any atom is 0.329 e. The Morgan fingerprint density at radius 2 is 1.90 bits per heavy atom. The molecule has 0 heterocycles. The molecule has 0 aliphatic heterocycles. The number of carbonyl (C=O) groups is 1. The zero-order chi connectivity index (χ0) is 15.7. The van der Waals surface area contributed by atoms with Gasteiger partial charge in [0.1, 0.15) is 12.4 Å². The van der Waals surface area contributed by atoms with Crippen molar-refractivity contribution >= 4 is 5.97 Å². The minimum atomic E-state index is -1.04. The molecule has 1 unspecified atom stereocenters. The van der Waals surface area contributed by atoms with E-state index in [-0.39, 0.29) is 17.9 Å². The van der Waals surface area contributed by atoms with Crippen molar-refractivity contribution in [3.05, 3.63) is 29.8 Å². The summed E-state index contributed by atoms with van der Waals surface area (Å²) in [5.41, 5.74) is 6.30. The lowest BCUT2D eigenvalue weighted by atomic mass is 9.86. The lowest BCUT2D eigenvalue weighted by Crippen LogP contribution is -2.55. The number of hydrogen-bond acceptors (Lipinski definition) is 4. The molecule has 4 nitrogen and oxygen atoms in total. The molecule has 2 N–H and O–H groups in total. The van der Waals surface area contributed by atoms with Crippen molar-refractivity contribution < 1.29 is 14.3 Å². The van der Waals surface area contributed by atoms with Crippen LogP contribution in [-0.2, 0) is 14.9 Å². The minimum absolute atomic E-state index is 0.0291. The molecule has 1 saturated carbocycles. The summed E-state index contributed by atoms with van der Waals surface area (Å²) in [4.78, 5) is 12.0. The number of hydrogen-bond donors (Lipinski definition) is 1. The van der Waals surface area contributed by atoms with E-state index in [1.165, 1.54) is 7.11 Å². The van der Waals surface area contributed by atoms with Gasteiger partial charge in [0, 0.05) is 0 Å². The number of rotatable bonds is 5. The third-order valence-electron chi connectivity index (χ3n) is 4.03. The first-order chi connectivity index (χ1) is 9.79. The molecule has 1 fully saturated rings. The Bertz CT molecular complexity index is 517. The van der Waals surface area contributed by atoms with Crippen LogP contribution >= 0.6 is 0 Å². The maximum absolute atomic E-state index is 12.0. The number of ether oxygens (including phenoxy) is 2. The van der Waals surface area contributed by atoms with Crippen molar-refractivity contribution in [2.75, 3.05) is 13.7 Å². The number of methoxy groups -OCH3 is 1. The first-order valence-corrected chi connectivity index (χ1v) is 7.38. The third kappa shape index (κ3) is 3.38. The quantitative estimate of drug-likeness (QED) is 0.847. The van der Waals surface area contributed by atoms with Crippen LogP contribution in [0.25, 0.3) is 0 Å². The molecule has 116 valence electrons. The van der Waals surface area contributed by atoms with E-state index in [2.05, 4.69) is 20.8 Å². The van der Waals surface area contributed by atoms with Crippen LogP contribution in [0, 0.1) is 5.92 Å². The van der Waals surface area contributed by atoms with Gasteiger partial charge in [-0.1, -0.05) is 39.0 Å². The van der Waals surface area contributed by atoms with Crippen LogP contribution in [-0.4, -0.2) is 25.2 Å². The number of nitrogens with two attached hydrogens (primary N) is 1. The average molecular weight is 291 g/mol. The topological polar surface area (TPSA) is 61.5 Å². The molecular formula is C17H25NO3. The molecule has 0 saturated heterocycles. The molecule has 0 amide bonds. The van der Waals surface area contributed by atoms with Crippen molar-refractivity contribution in [2.45, 2.75) is 44.6 Å². The highest BCUT2D eigenvalue weighted by molar-refractivity contribution is 5.81. The second-order valence-corrected chi connectivity index (χ2v) is 6.84. The molecule has 1 aliphatic carbocycles. The summed E-state index contributed by atoms with van der Waals surface area (Å²) in [6, 6.07) is 7.89. The van der Waals surface area contributed by atoms with Gasteiger partial charge in [0.2, 0.25) is 0 Å². The van der Waals surface area contributed by atoms with E-state index >= 15 is 0 Å². The Morgan fingerprint density at radius 1 is 1.29 bits per heavy atom. The van der Waals surface area contributed by atoms with E-state index in [0.717, 1.165) is 24.2 Å². The van der Waals surface area contributed by atoms with Gasteiger partial charge in [-0.15, -0.1) is 0 Å². The largest absolute Gasteiger partial charge is 0.491 e. The summed E-state index contributed by atoms with van der Waals surface area (Å²) >= 11 is 0. The summed E-state index contributed by atoms with van der Waals surface area (Å²) in [6.45, 7) is 6.54. The summed E-state index contributed by atoms with van der Waals surface area (Å²) in [5.74, 6) is 0.550. The van der Waals surface area contributed by atoms with Crippen LogP contribution in [0.1, 0.15) is 39.2 Å². The fourth-order valence-corrected chi connectivity index (χ4v) is 2.54. The van der Waals surface area contributed by atoms with E-state index in [0.29, 0.717) is 0 Å². The lowest BCUT2D eigenvalue weighted by Gasteiger charge is -2.28. The summed E-state index contributed by atoms with van der Waals surface area (Å²) in [5, 5.41) is 0. The van der Waals surface area contributed by atoms with Gasteiger partial charge in [-0.05, 0) is 35.8 Å². The maximum atomic E-state index is 12.0. The monoisotopic (exact) mass is 291 g/mol. The van der Waals surface area contributed by atoms with Gasteiger partial charge in [0.05, 0.1) is 7.11 Å². The first-order valence-electron chi connectivity index (χ1n) is 7.38. The molecule has 0 aromatic heterocycles. The number of para-hydroxylation sites is 1. The zero-order valence-electron chi connectivity index (χ0n) is 13.3. The van der Waals surface area contributed by atoms with E-state index < -0.39 is 11.5 Å². The molecule has 2 rings (SSSR count). The second kappa shape index (κ2) is 5.68. The van der Waals surface area contributed by atoms with E-state index in [9.17, 15) is 4.79 Å². The van der Waals surface area contributed by atoms with Gasteiger partial charge in [0.15, 0.2) is 5.54 Å². The molecule has 1 aromatic rings. The van der Waals surface area contributed by atoms with Gasteiger partial charge >= 0.3 is 5.97 Å². The van der Waals surface area contributed by atoms with Crippen LogP contribution in [0.5, 0.6) is 5.75 Å². The van der Waals surface area contributed by atoms with Gasteiger partial charge in [-0.25, -0.2) is 4.79 Å². The van der Waals surface area contributed by atoms with Gasteiger partial charge in [-0.2, -0.15) is 0 Å². The molecule has 0 radical (unpaired) electrons. The highest BCUT2D eigenvalue weighted by Crippen LogP contribution is 2.40. The minimum Gasteiger partial charge on any atom is -0.491 e. The van der Waals surface area contributed by atoms with Gasteiger partial charge in [-0.3, -0.25) is 0 Å². The van der Waals surface area contributed by atoms with Crippen LogP contribution in [0.2, 0.25) is 0 Å². The summed E-state index contributed by atoms with van der Waals surface area (Å²) < 4.78 is 10.8. The normalized spacial score (nSPS) is 18.0. The third-order valence-corrected chi connectivity index (χ3v) is 4.03. The van der Waals surface area contributed by atoms with Crippen molar-refractivity contribution in [1.82, 2.24) is 0 Å².